The third kappa shape index (κ3) is 6.45. The Kier molecular flexibility index (Phi) is 9.19. The number of rotatable bonds is 11. The Morgan fingerprint density at radius 2 is 0.656 bits per heavy atom. The lowest BCUT2D eigenvalue weighted by Crippen LogP contribution is -2.11. The van der Waals surface area contributed by atoms with E-state index in [1.165, 1.54) is 75.8 Å². The number of aryl methyl sites for hydroxylation is 2. The molecule has 0 saturated carbocycles. The average Bonchev–Trinajstić information content (AvgIpc) is 3.33. The van der Waals surface area contributed by atoms with Crippen LogP contribution in [0, 0.1) is 0 Å². The normalized spacial score (nSPS) is 11.9. The zero-order valence-electron chi connectivity index (χ0n) is 35.2. The molecule has 0 saturated heterocycles. The summed E-state index contributed by atoms with van der Waals surface area (Å²) >= 11 is 0. The molecule has 12 aromatic carbocycles. The minimum atomic E-state index is -0.306. The van der Waals surface area contributed by atoms with Crippen molar-refractivity contribution in [3.8, 4) is 22.6 Å². The quantitative estimate of drug-likeness (QED) is 0.0740. The number of fused-ring (bicyclic) bond motifs is 2. The standard InChI is InChI=1S/C60H42O4/c61-53(19-7-11-39-21-23-45-27-25-41-13-5-15-43-29-33-49(39)57(45)55(41)43)63-51-35-31-37-9-1-3-17-47(37)59(51)60-48-18-4-2-10-38(48)32-36-52(60)64-54(62)20-8-12-40-22-24-46-28-26-42-14-6-16-44-30-34-50(40)58(46)56(42)44/h1-6,9-10,13-18,21-36H,7-8,11-12,19-20H2. The molecule has 64 heavy (non-hydrogen) atoms. The van der Waals surface area contributed by atoms with Crippen molar-refractivity contribution in [3.63, 3.8) is 0 Å². The molecule has 0 N–H and O–H groups in total. The van der Waals surface area contributed by atoms with Crippen LogP contribution in [0.5, 0.6) is 11.5 Å². The Labute approximate surface area is 369 Å². The predicted molar refractivity (Wildman–Crippen MR) is 264 cm³/mol. The number of carbonyl (C=O) groups is 2. The van der Waals surface area contributed by atoms with Crippen molar-refractivity contribution in [3.05, 3.63) is 193 Å². The Balaban J connectivity index is 0.818. The largest absolute Gasteiger partial charge is 0.426 e. The minimum absolute atomic E-state index is 0.248. The maximum absolute atomic E-state index is 13.9. The van der Waals surface area contributed by atoms with Gasteiger partial charge in [0.25, 0.3) is 0 Å². The summed E-state index contributed by atoms with van der Waals surface area (Å²) in [5.74, 6) is 0.266. The van der Waals surface area contributed by atoms with Crippen molar-refractivity contribution in [2.75, 3.05) is 0 Å². The van der Waals surface area contributed by atoms with Gasteiger partial charge < -0.3 is 9.47 Å². The highest BCUT2D eigenvalue weighted by Crippen LogP contribution is 2.46. The van der Waals surface area contributed by atoms with Gasteiger partial charge in [-0.05, 0) is 135 Å². The molecule has 0 aromatic heterocycles. The van der Waals surface area contributed by atoms with E-state index >= 15 is 0 Å². The first-order chi connectivity index (χ1) is 31.6. The first-order valence-corrected chi connectivity index (χ1v) is 22.3. The second-order valence-corrected chi connectivity index (χ2v) is 17.1. The smallest absolute Gasteiger partial charge is 0.311 e. The van der Waals surface area contributed by atoms with Gasteiger partial charge in [-0.2, -0.15) is 0 Å². The topological polar surface area (TPSA) is 52.6 Å². The van der Waals surface area contributed by atoms with E-state index < -0.39 is 0 Å². The fraction of sp³-hybridized carbons (Fsp3) is 0.100. The van der Waals surface area contributed by atoms with E-state index in [0.717, 1.165) is 45.5 Å². The van der Waals surface area contributed by atoms with E-state index in [2.05, 4.69) is 121 Å². The molecule has 4 heteroatoms. The van der Waals surface area contributed by atoms with Gasteiger partial charge in [-0.3, -0.25) is 9.59 Å². The van der Waals surface area contributed by atoms with Crippen LogP contribution < -0.4 is 9.47 Å². The fourth-order valence-corrected chi connectivity index (χ4v) is 10.4. The van der Waals surface area contributed by atoms with Gasteiger partial charge in [-0.15, -0.1) is 0 Å². The zero-order valence-corrected chi connectivity index (χ0v) is 35.2. The SMILES string of the molecule is O=C(CCCc1ccc2ccc3cccc4ccc1c2c34)Oc1ccc2ccccc2c1-c1c(OC(=O)CCCc2ccc3ccc4cccc5ccc2c3c45)ccc2ccccc12. The summed E-state index contributed by atoms with van der Waals surface area (Å²) in [6.45, 7) is 0. The molecule has 0 unspecified atom stereocenters. The van der Waals surface area contributed by atoms with Gasteiger partial charge >= 0.3 is 11.9 Å². The second kappa shape index (κ2) is 15.5. The van der Waals surface area contributed by atoms with Crippen LogP contribution in [0.4, 0.5) is 0 Å². The third-order valence-corrected chi connectivity index (χ3v) is 13.4. The van der Waals surface area contributed by atoms with Crippen molar-refractivity contribution in [1.82, 2.24) is 0 Å². The molecule has 12 rings (SSSR count). The molecular weight excluding hydrogens is 785 g/mol. The predicted octanol–water partition coefficient (Wildman–Crippen LogP) is 15.3. The van der Waals surface area contributed by atoms with E-state index in [4.69, 9.17) is 9.47 Å². The maximum atomic E-state index is 13.9. The van der Waals surface area contributed by atoms with Crippen LogP contribution in [0.1, 0.15) is 36.8 Å². The van der Waals surface area contributed by atoms with Crippen molar-refractivity contribution < 1.29 is 19.1 Å². The van der Waals surface area contributed by atoms with E-state index in [1.807, 2.05) is 60.7 Å². The van der Waals surface area contributed by atoms with E-state index in [0.29, 0.717) is 24.3 Å². The van der Waals surface area contributed by atoms with Crippen LogP contribution in [-0.4, -0.2) is 11.9 Å². The summed E-state index contributed by atoms with van der Waals surface area (Å²) in [4.78, 5) is 27.8. The molecule has 0 bridgehead atoms. The number of esters is 2. The van der Waals surface area contributed by atoms with Crippen LogP contribution >= 0.6 is 0 Å². The Bertz CT molecular complexity index is 3510. The summed E-state index contributed by atoms with van der Waals surface area (Å²) in [7, 11) is 0. The number of carbonyl (C=O) groups excluding carboxylic acids is 2. The van der Waals surface area contributed by atoms with Crippen LogP contribution in [-0.2, 0) is 22.4 Å². The highest BCUT2D eigenvalue weighted by Gasteiger charge is 2.23. The molecule has 0 amide bonds. The molecule has 0 aliphatic heterocycles. The van der Waals surface area contributed by atoms with Crippen LogP contribution in [0.15, 0.2) is 182 Å². The van der Waals surface area contributed by atoms with Gasteiger partial charge in [-0.25, -0.2) is 0 Å². The summed E-state index contributed by atoms with van der Waals surface area (Å²) < 4.78 is 12.7. The average molecular weight is 827 g/mol. The molecule has 0 heterocycles. The lowest BCUT2D eigenvalue weighted by atomic mass is 9.90. The van der Waals surface area contributed by atoms with Crippen LogP contribution in [0.2, 0.25) is 0 Å². The van der Waals surface area contributed by atoms with Crippen molar-refractivity contribution in [1.29, 1.82) is 0 Å². The molecule has 12 aromatic rings. The third-order valence-electron chi connectivity index (χ3n) is 13.4. The van der Waals surface area contributed by atoms with E-state index in [1.54, 1.807) is 0 Å². The second-order valence-electron chi connectivity index (χ2n) is 17.1. The molecule has 4 nitrogen and oxygen atoms in total. The van der Waals surface area contributed by atoms with Crippen LogP contribution in [0.3, 0.4) is 0 Å². The number of hydrogen-bond donors (Lipinski definition) is 0. The summed E-state index contributed by atoms with van der Waals surface area (Å²) in [5.41, 5.74) is 3.91. The lowest BCUT2D eigenvalue weighted by Gasteiger charge is -2.19. The number of hydrogen-bond acceptors (Lipinski definition) is 4. The summed E-state index contributed by atoms with van der Waals surface area (Å²) in [6.07, 6.45) is 3.26. The number of benzene rings is 12. The van der Waals surface area contributed by atoms with Gasteiger partial charge in [0.1, 0.15) is 11.5 Å². The number of ether oxygens (including phenoxy) is 2. The van der Waals surface area contributed by atoms with Gasteiger partial charge in [0.15, 0.2) is 0 Å². The molecule has 0 fully saturated rings. The van der Waals surface area contributed by atoms with Gasteiger partial charge in [0.05, 0.1) is 0 Å². The molecule has 0 atom stereocenters. The molecule has 0 spiro atoms. The van der Waals surface area contributed by atoms with Crippen molar-refractivity contribution in [2.45, 2.75) is 38.5 Å². The maximum Gasteiger partial charge on any atom is 0.311 e. The first kappa shape index (κ1) is 37.9. The summed E-state index contributed by atoms with van der Waals surface area (Å²) in [6, 6.07) is 63.3. The Hall–Kier alpha value is -7.82. The zero-order chi connectivity index (χ0) is 42.7. The summed E-state index contributed by atoms with van der Waals surface area (Å²) in [5, 5.41) is 18.8. The molecule has 0 aliphatic carbocycles. The molecule has 0 radical (unpaired) electrons. The lowest BCUT2D eigenvalue weighted by molar-refractivity contribution is -0.135. The van der Waals surface area contributed by atoms with Crippen molar-refractivity contribution in [2.24, 2.45) is 0 Å². The molecule has 306 valence electrons. The van der Waals surface area contributed by atoms with Gasteiger partial charge in [0.2, 0.25) is 0 Å². The van der Waals surface area contributed by atoms with E-state index in [-0.39, 0.29) is 24.8 Å². The monoisotopic (exact) mass is 826 g/mol. The van der Waals surface area contributed by atoms with Gasteiger partial charge in [-0.1, -0.05) is 170 Å². The van der Waals surface area contributed by atoms with Crippen LogP contribution in [0.25, 0.3) is 97.3 Å². The Morgan fingerprint density at radius 1 is 0.312 bits per heavy atom. The minimum Gasteiger partial charge on any atom is -0.426 e. The van der Waals surface area contributed by atoms with Crippen molar-refractivity contribution >= 4 is 98.1 Å². The Morgan fingerprint density at radius 3 is 1.09 bits per heavy atom. The van der Waals surface area contributed by atoms with E-state index in [9.17, 15) is 9.59 Å². The molecular formula is C60H42O4. The highest BCUT2D eigenvalue weighted by molar-refractivity contribution is 6.24. The molecule has 0 aliphatic rings. The van der Waals surface area contributed by atoms with Gasteiger partial charge in [0, 0.05) is 24.0 Å². The first-order valence-electron chi connectivity index (χ1n) is 22.3. The fourth-order valence-electron chi connectivity index (χ4n) is 10.4. The highest BCUT2D eigenvalue weighted by atomic mass is 16.5.